The molecule has 2 aliphatic rings. The van der Waals surface area contributed by atoms with Crippen LogP contribution in [-0.2, 0) is 9.59 Å². The second-order valence-electron chi connectivity index (χ2n) is 7.32. The minimum absolute atomic E-state index is 0.0472. The highest BCUT2D eigenvalue weighted by molar-refractivity contribution is 6.00. The van der Waals surface area contributed by atoms with Crippen LogP contribution in [0.3, 0.4) is 0 Å². The molecule has 0 spiro atoms. The van der Waals surface area contributed by atoms with Crippen molar-refractivity contribution in [3.8, 4) is 5.75 Å². The summed E-state index contributed by atoms with van der Waals surface area (Å²) in [5.41, 5.74) is 2.22. The molecule has 2 amide bonds. The summed E-state index contributed by atoms with van der Waals surface area (Å²) in [5.74, 6) is 0.0132. The maximum atomic E-state index is 12.5. The van der Waals surface area contributed by atoms with Gasteiger partial charge >= 0.3 is 0 Å². The summed E-state index contributed by atoms with van der Waals surface area (Å²) in [6, 6.07) is 7.01. The van der Waals surface area contributed by atoms with Crippen molar-refractivity contribution in [1.82, 2.24) is 16.0 Å². The maximum Gasteiger partial charge on any atom is 0.247 e. The lowest BCUT2D eigenvalue weighted by Gasteiger charge is -2.42. The molecule has 26 heavy (non-hydrogen) atoms. The molecule has 2 aliphatic heterocycles. The number of hydrogen-bond donors (Lipinski definition) is 4. The highest BCUT2D eigenvalue weighted by Gasteiger charge is 2.39. The van der Waals surface area contributed by atoms with Gasteiger partial charge < -0.3 is 21.1 Å². The predicted octanol–water partition coefficient (Wildman–Crippen LogP) is 1.77. The summed E-state index contributed by atoms with van der Waals surface area (Å²) >= 11 is 0. The molecule has 0 aromatic heterocycles. The van der Waals surface area contributed by atoms with Gasteiger partial charge in [0.1, 0.15) is 5.75 Å². The Hall–Kier alpha value is -2.34. The topological polar surface area (TPSA) is 90.5 Å². The van der Waals surface area contributed by atoms with Crippen LogP contribution in [0.25, 0.3) is 0 Å². The van der Waals surface area contributed by atoms with Crippen LogP contribution in [0.15, 0.2) is 35.4 Å². The lowest BCUT2D eigenvalue weighted by Crippen LogP contribution is -2.57. The minimum Gasteiger partial charge on any atom is -0.508 e. The van der Waals surface area contributed by atoms with E-state index in [1.807, 2.05) is 19.9 Å². The molecule has 1 saturated heterocycles. The van der Waals surface area contributed by atoms with Crippen molar-refractivity contribution < 1.29 is 14.7 Å². The number of phenolic OH excluding ortho intramolecular Hbond substituents is 1. The van der Waals surface area contributed by atoms with Crippen LogP contribution in [0.2, 0.25) is 0 Å². The molecular weight excluding hydrogens is 330 g/mol. The SMILES string of the molecule is CC1=C(CC(=O)N[C@H](C)c2ccccc2O)C(=O)NC2CCNC(C)C12. The van der Waals surface area contributed by atoms with Gasteiger partial charge in [0.15, 0.2) is 0 Å². The number of carbonyl (C=O) groups is 2. The molecule has 6 heteroatoms. The van der Waals surface area contributed by atoms with Crippen LogP contribution in [0.1, 0.15) is 45.2 Å². The van der Waals surface area contributed by atoms with Crippen LogP contribution < -0.4 is 16.0 Å². The Balaban J connectivity index is 1.72. The number of hydrogen-bond acceptors (Lipinski definition) is 4. The van der Waals surface area contributed by atoms with Gasteiger partial charge in [0.25, 0.3) is 0 Å². The lowest BCUT2D eigenvalue weighted by atomic mass is 9.76. The molecule has 4 N–H and O–H groups in total. The van der Waals surface area contributed by atoms with Crippen LogP contribution in [-0.4, -0.2) is 35.5 Å². The van der Waals surface area contributed by atoms with Gasteiger partial charge in [-0.15, -0.1) is 0 Å². The van der Waals surface area contributed by atoms with E-state index in [4.69, 9.17) is 0 Å². The fraction of sp³-hybridized carbons (Fsp3) is 0.500. The van der Waals surface area contributed by atoms with E-state index in [0.717, 1.165) is 18.5 Å². The first-order valence-electron chi connectivity index (χ1n) is 9.19. The normalized spacial score (nSPS) is 26.7. The molecule has 0 saturated carbocycles. The van der Waals surface area contributed by atoms with E-state index in [9.17, 15) is 14.7 Å². The number of carbonyl (C=O) groups excluding carboxylic acids is 2. The summed E-state index contributed by atoms with van der Waals surface area (Å²) in [6.07, 6.45) is 0.952. The average molecular weight is 357 g/mol. The molecule has 6 nitrogen and oxygen atoms in total. The molecule has 1 aromatic rings. The first kappa shape index (κ1) is 18.5. The first-order valence-corrected chi connectivity index (χ1v) is 9.19. The Morgan fingerprint density at radius 2 is 2.12 bits per heavy atom. The molecule has 2 heterocycles. The average Bonchev–Trinajstić information content (AvgIpc) is 2.58. The summed E-state index contributed by atoms with van der Waals surface area (Å²) in [7, 11) is 0. The van der Waals surface area contributed by atoms with Crippen molar-refractivity contribution in [3.05, 3.63) is 41.0 Å². The van der Waals surface area contributed by atoms with E-state index in [0.29, 0.717) is 11.1 Å². The van der Waals surface area contributed by atoms with Crippen LogP contribution >= 0.6 is 0 Å². The van der Waals surface area contributed by atoms with Crippen molar-refractivity contribution in [1.29, 1.82) is 0 Å². The van der Waals surface area contributed by atoms with Gasteiger partial charge in [0.2, 0.25) is 11.8 Å². The van der Waals surface area contributed by atoms with Crippen molar-refractivity contribution in [2.24, 2.45) is 5.92 Å². The zero-order valence-electron chi connectivity index (χ0n) is 15.5. The van der Waals surface area contributed by atoms with Crippen LogP contribution in [0, 0.1) is 5.92 Å². The van der Waals surface area contributed by atoms with Crippen molar-refractivity contribution >= 4 is 11.8 Å². The van der Waals surface area contributed by atoms with Gasteiger partial charge in [-0.05, 0) is 39.8 Å². The summed E-state index contributed by atoms with van der Waals surface area (Å²) in [6.45, 7) is 6.80. The van der Waals surface area contributed by atoms with Crippen molar-refractivity contribution in [2.75, 3.05) is 6.54 Å². The monoisotopic (exact) mass is 357 g/mol. The molecule has 4 atom stereocenters. The molecule has 3 unspecified atom stereocenters. The second kappa shape index (κ2) is 7.50. The Labute approximate surface area is 154 Å². The summed E-state index contributed by atoms with van der Waals surface area (Å²) in [4.78, 5) is 25.0. The van der Waals surface area contributed by atoms with Gasteiger partial charge in [-0.1, -0.05) is 23.8 Å². The third-order valence-electron chi connectivity index (χ3n) is 5.58. The molecule has 0 radical (unpaired) electrons. The van der Waals surface area contributed by atoms with E-state index in [1.54, 1.807) is 18.2 Å². The number of fused-ring (bicyclic) bond motifs is 1. The van der Waals surface area contributed by atoms with Gasteiger partial charge in [0, 0.05) is 29.1 Å². The number of para-hydroxylation sites is 1. The fourth-order valence-corrected chi connectivity index (χ4v) is 4.20. The van der Waals surface area contributed by atoms with Crippen LogP contribution in [0.4, 0.5) is 0 Å². The number of rotatable bonds is 4. The molecule has 0 bridgehead atoms. The van der Waals surface area contributed by atoms with Gasteiger partial charge in [-0.3, -0.25) is 9.59 Å². The van der Waals surface area contributed by atoms with Gasteiger partial charge in [-0.2, -0.15) is 0 Å². The van der Waals surface area contributed by atoms with Crippen LogP contribution in [0.5, 0.6) is 5.75 Å². The zero-order valence-corrected chi connectivity index (χ0v) is 15.5. The van der Waals surface area contributed by atoms with E-state index in [-0.39, 0.29) is 48.0 Å². The Bertz CT molecular complexity index is 744. The van der Waals surface area contributed by atoms with Gasteiger partial charge in [0.05, 0.1) is 12.5 Å². The standard InChI is InChI=1S/C20H27N3O3/c1-11-15(20(26)23-16-8-9-21-13(3)19(11)16)10-18(25)22-12(2)14-6-4-5-7-17(14)24/h4-7,12-13,16,19,21,24H,8-10H2,1-3H3,(H,22,25)(H,23,26)/t12-,13?,16?,19?/m1/s1. The molecule has 140 valence electrons. The number of piperidine rings is 1. The Kier molecular flexibility index (Phi) is 5.32. The zero-order chi connectivity index (χ0) is 18.8. The first-order chi connectivity index (χ1) is 12.4. The molecule has 1 fully saturated rings. The number of amides is 2. The number of nitrogens with one attached hydrogen (secondary N) is 3. The lowest BCUT2D eigenvalue weighted by molar-refractivity contribution is -0.124. The predicted molar refractivity (Wildman–Crippen MR) is 99.5 cm³/mol. The summed E-state index contributed by atoms with van der Waals surface area (Å²) < 4.78 is 0. The largest absolute Gasteiger partial charge is 0.508 e. The van der Waals surface area contributed by atoms with E-state index in [2.05, 4.69) is 22.9 Å². The Morgan fingerprint density at radius 3 is 2.85 bits per heavy atom. The van der Waals surface area contributed by atoms with Crippen molar-refractivity contribution in [3.63, 3.8) is 0 Å². The fourth-order valence-electron chi connectivity index (χ4n) is 4.20. The molecule has 1 aromatic carbocycles. The number of phenols is 1. The highest BCUT2D eigenvalue weighted by Crippen LogP contribution is 2.32. The third-order valence-corrected chi connectivity index (χ3v) is 5.58. The Morgan fingerprint density at radius 1 is 1.38 bits per heavy atom. The quantitative estimate of drug-likeness (QED) is 0.661. The third kappa shape index (κ3) is 3.60. The number of aromatic hydroxyl groups is 1. The molecule has 3 rings (SSSR count). The summed E-state index contributed by atoms with van der Waals surface area (Å²) in [5, 5.41) is 19.3. The second-order valence-corrected chi connectivity index (χ2v) is 7.32. The molecule has 0 aliphatic carbocycles. The molecular formula is C20H27N3O3. The van der Waals surface area contributed by atoms with E-state index in [1.165, 1.54) is 0 Å². The number of benzene rings is 1. The highest BCUT2D eigenvalue weighted by atomic mass is 16.3. The van der Waals surface area contributed by atoms with Gasteiger partial charge in [-0.25, -0.2) is 0 Å². The minimum atomic E-state index is -0.334. The van der Waals surface area contributed by atoms with Crippen molar-refractivity contribution in [2.45, 2.75) is 51.7 Å². The maximum absolute atomic E-state index is 12.5. The smallest absolute Gasteiger partial charge is 0.247 e. The van der Waals surface area contributed by atoms with E-state index < -0.39 is 0 Å². The van der Waals surface area contributed by atoms with E-state index >= 15 is 0 Å².